The molecule has 20 heavy (non-hydrogen) atoms. The number of carbonyl (C=O) groups is 1. The third kappa shape index (κ3) is 2.62. The van der Waals surface area contributed by atoms with E-state index in [2.05, 4.69) is 10.3 Å². The molecular weight excluding hydrogens is 278 g/mol. The Bertz CT molecular complexity index is 666. The molecule has 0 spiro atoms. The Morgan fingerprint density at radius 2 is 2.45 bits per heavy atom. The van der Waals surface area contributed by atoms with Crippen LogP contribution in [0.15, 0.2) is 45.0 Å². The Balaban J connectivity index is 1.66. The van der Waals surface area contributed by atoms with E-state index in [1.165, 1.54) is 24.0 Å². The maximum atomic E-state index is 12.1. The molecule has 2 aromatic rings. The van der Waals surface area contributed by atoms with E-state index < -0.39 is 0 Å². The van der Waals surface area contributed by atoms with Gasteiger partial charge in [0.1, 0.15) is 5.76 Å². The van der Waals surface area contributed by atoms with Crippen LogP contribution < -0.4 is 10.9 Å². The summed E-state index contributed by atoms with van der Waals surface area (Å²) in [5, 5.41) is 3.50. The van der Waals surface area contributed by atoms with Gasteiger partial charge in [-0.15, -0.1) is 0 Å². The number of fused-ring (bicyclic) bond motifs is 1. The summed E-state index contributed by atoms with van der Waals surface area (Å²) in [6.45, 7) is 0.737. The van der Waals surface area contributed by atoms with Gasteiger partial charge in [0.05, 0.1) is 18.7 Å². The number of amides is 1. The molecule has 1 atom stereocenters. The van der Waals surface area contributed by atoms with Crippen molar-refractivity contribution in [2.75, 3.05) is 5.75 Å². The average Bonchev–Trinajstić information content (AvgIpc) is 2.98. The molecule has 0 fully saturated rings. The molecule has 3 rings (SSSR count). The lowest BCUT2D eigenvalue weighted by molar-refractivity contribution is -0.125. The van der Waals surface area contributed by atoms with Gasteiger partial charge >= 0.3 is 0 Å². The van der Waals surface area contributed by atoms with E-state index in [0.717, 1.165) is 0 Å². The van der Waals surface area contributed by atoms with E-state index in [9.17, 15) is 9.59 Å². The smallest absolute Gasteiger partial charge is 0.254 e. The summed E-state index contributed by atoms with van der Waals surface area (Å²) in [5.41, 5.74) is -0.119. The first kappa shape index (κ1) is 13.0. The van der Waals surface area contributed by atoms with Crippen LogP contribution in [-0.4, -0.2) is 21.2 Å². The second-order valence-corrected chi connectivity index (χ2v) is 5.47. The molecule has 2 aromatic heterocycles. The molecule has 3 heterocycles. The third-order valence-electron chi connectivity index (χ3n) is 3.10. The maximum absolute atomic E-state index is 12.1. The number of nitrogens with one attached hydrogen (secondary N) is 1. The number of hydrogen-bond acceptors (Lipinski definition) is 5. The summed E-state index contributed by atoms with van der Waals surface area (Å²) >= 11 is 1.43. The molecule has 1 N–H and O–H groups in total. The fraction of sp³-hybridized carbons (Fsp3) is 0.308. The van der Waals surface area contributed by atoms with E-state index in [4.69, 9.17) is 4.42 Å². The molecule has 6 nitrogen and oxygen atoms in total. The van der Waals surface area contributed by atoms with Crippen molar-refractivity contribution in [1.82, 2.24) is 14.9 Å². The fourth-order valence-electron chi connectivity index (χ4n) is 2.04. The van der Waals surface area contributed by atoms with Crippen molar-refractivity contribution < 1.29 is 9.21 Å². The van der Waals surface area contributed by atoms with Gasteiger partial charge in [-0.05, 0) is 12.1 Å². The van der Waals surface area contributed by atoms with Crippen LogP contribution >= 0.6 is 11.8 Å². The Labute approximate surface area is 119 Å². The third-order valence-corrected chi connectivity index (χ3v) is 4.26. The highest BCUT2D eigenvalue weighted by molar-refractivity contribution is 7.99. The predicted molar refractivity (Wildman–Crippen MR) is 73.3 cm³/mol. The number of rotatable bonds is 3. The van der Waals surface area contributed by atoms with Gasteiger partial charge in [0, 0.05) is 24.6 Å². The average molecular weight is 291 g/mol. The summed E-state index contributed by atoms with van der Waals surface area (Å²) in [5.74, 6) is 1.03. The van der Waals surface area contributed by atoms with Crippen LogP contribution in [0, 0.1) is 5.92 Å². The van der Waals surface area contributed by atoms with Crippen molar-refractivity contribution in [3.63, 3.8) is 0 Å². The van der Waals surface area contributed by atoms with Crippen molar-refractivity contribution in [2.24, 2.45) is 5.92 Å². The number of furan rings is 1. The van der Waals surface area contributed by atoms with Gasteiger partial charge in [-0.25, -0.2) is 4.98 Å². The quantitative estimate of drug-likeness (QED) is 0.849. The summed E-state index contributed by atoms with van der Waals surface area (Å²) in [6, 6.07) is 4.99. The lowest BCUT2D eigenvalue weighted by Crippen LogP contribution is -2.39. The molecule has 0 aromatic carbocycles. The molecule has 104 valence electrons. The largest absolute Gasteiger partial charge is 0.467 e. The highest BCUT2D eigenvalue weighted by atomic mass is 32.2. The van der Waals surface area contributed by atoms with Crippen molar-refractivity contribution in [1.29, 1.82) is 0 Å². The van der Waals surface area contributed by atoms with Crippen LogP contribution in [0.2, 0.25) is 0 Å². The predicted octanol–water partition coefficient (Wildman–Crippen LogP) is 0.875. The van der Waals surface area contributed by atoms with Crippen molar-refractivity contribution in [2.45, 2.75) is 18.2 Å². The standard InChI is InChI=1S/C13H13N3O3S/c17-11-3-4-14-13-16(11)7-9(8-20-13)12(18)15-6-10-2-1-5-19-10/h1-5,9H,6-8H2,(H,15,18)/t9-/m1/s1. The van der Waals surface area contributed by atoms with Gasteiger partial charge in [-0.3, -0.25) is 14.2 Å². The van der Waals surface area contributed by atoms with Crippen LogP contribution in [0.3, 0.4) is 0 Å². The Morgan fingerprint density at radius 1 is 1.55 bits per heavy atom. The molecule has 1 amide bonds. The minimum atomic E-state index is -0.232. The molecule has 0 saturated heterocycles. The molecular formula is C13H13N3O3S. The molecule has 7 heteroatoms. The summed E-state index contributed by atoms with van der Waals surface area (Å²) < 4.78 is 6.71. The highest BCUT2D eigenvalue weighted by Crippen LogP contribution is 2.24. The second-order valence-electron chi connectivity index (χ2n) is 4.48. The van der Waals surface area contributed by atoms with Crippen LogP contribution in [-0.2, 0) is 17.9 Å². The monoisotopic (exact) mass is 291 g/mol. The van der Waals surface area contributed by atoms with E-state index >= 15 is 0 Å². The first-order chi connectivity index (χ1) is 9.74. The number of hydrogen-bond donors (Lipinski definition) is 1. The minimum absolute atomic E-state index is 0.0738. The lowest BCUT2D eigenvalue weighted by atomic mass is 10.1. The first-order valence-corrected chi connectivity index (χ1v) is 7.21. The Kier molecular flexibility index (Phi) is 3.60. The van der Waals surface area contributed by atoms with Crippen molar-refractivity contribution >= 4 is 17.7 Å². The van der Waals surface area contributed by atoms with Gasteiger partial charge in [0.2, 0.25) is 5.91 Å². The zero-order valence-corrected chi connectivity index (χ0v) is 11.4. The normalized spacial score (nSPS) is 17.5. The molecule has 1 aliphatic heterocycles. The molecule has 0 aliphatic carbocycles. The van der Waals surface area contributed by atoms with Crippen molar-refractivity contribution in [3.8, 4) is 0 Å². The van der Waals surface area contributed by atoms with Gasteiger partial charge in [-0.1, -0.05) is 11.8 Å². The molecule has 0 saturated carbocycles. The maximum Gasteiger partial charge on any atom is 0.254 e. The van der Waals surface area contributed by atoms with E-state index in [-0.39, 0.29) is 17.4 Å². The fourth-order valence-corrected chi connectivity index (χ4v) is 3.10. The number of carbonyl (C=O) groups excluding carboxylic acids is 1. The Hall–Kier alpha value is -2.02. The van der Waals surface area contributed by atoms with Gasteiger partial charge in [0.15, 0.2) is 5.16 Å². The molecule has 1 aliphatic rings. The topological polar surface area (TPSA) is 77.1 Å². The number of aromatic nitrogens is 2. The number of thioether (sulfide) groups is 1. The first-order valence-electron chi connectivity index (χ1n) is 6.23. The van der Waals surface area contributed by atoms with E-state index in [0.29, 0.717) is 29.8 Å². The van der Waals surface area contributed by atoms with E-state index in [1.54, 1.807) is 23.0 Å². The van der Waals surface area contributed by atoms with Gasteiger partial charge in [-0.2, -0.15) is 0 Å². The van der Waals surface area contributed by atoms with Crippen LogP contribution in [0.25, 0.3) is 0 Å². The molecule has 0 bridgehead atoms. The molecule has 0 radical (unpaired) electrons. The Morgan fingerprint density at radius 3 is 3.25 bits per heavy atom. The minimum Gasteiger partial charge on any atom is -0.467 e. The number of nitrogens with zero attached hydrogens (tertiary/aromatic N) is 2. The zero-order valence-electron chi connectivity index (χ0n) is 10.6. The van der Waals surface area contributed by atoms with Crippen LogP contribution in [0.4, 0.5) is 0 Å². The lowest BCUT2D eigenvalue weighted by Gasteiger charge is -2.23. The second kappa shape index (κ2) is 5.54. The van der Waals surface area contributed by atoms with Crippen LogP contribution in [0.5, 0.6) is 0 Å². The molecule has 0 unspecified atom stereocenters. The van der Waals surface area contributed by atoms with Crippen molar-refractivity contribution in [3.05, 3.63) is 46.8 Å². The highest BCUT2D eigenvalue weighted by Gasteiger charge is 2.26. The SMILES string of the molecule is O=C(NCc1ccco1)[C@H]1CSc2nccc(=O)n2C1. The zero-order chi connectivity index (χ0) is 13.9. The van der Waals surface area contributed by atoms with Gasteiger partial charge in [0.25, 0.3) is 5.56 Å². The van der Waals surface area contributed by atoms with Gasteiger partial charge < -0.3 is 9.73 Å². The summed E-state index contributed by atoms with van der Waals surface area (Å²) in [6.07, 6.45) is 3.07. The van der Waals surface area contributed by atoms with E-state index in [1.807, 2.05) is 0 Å². The summed E-state index contributed by atoms with van der Waals surface area (Å²) in [7, 11) is 0. The van der Waals surface area contributed by atoms with Crippen LogP contribution in [0.1, 0.15) is 5.76 Å². The summed E-state index contributed by atoms with van der Waals surface area (Å²) in [4.78, 5) is 28.0.